The third-order valence-corrected chi connectivity index (χ3v) is 2.97. The van der Waals surface area contributed by atoms with Crippen molar-refractivity contribution in [3.05, 3.63) is 0 Å². The molecule has 1 aliphatic rings. The Morgan fingerprint density at radius 2 is 2.06 bits per heavy atom. The zero-order chi connectivity index (χ0) is 13.5. The van der Waals surface area contributed by atoms with E-state index in [9.17, 15) is 13.2 Å². The Morgan fingerprint density at radius 1 is 1.53 bits per heavy atom. The average Bonchev–Trinajstić information content (AvgIpc) is 2.65. The number of thioether (sulfide) groups is 1. The Bertz CT molecular complexity index is 238. The summed E-state index contributed by atoms with van der Waals surface area (Å²) in [5.41, 5.74) is 0. The van der Waals surface area contributed by atoms with Gasteiger partial charge < -0.3 is 15.2 Å². The van der Waals surface area contributed by atoms with E-state index in [4.69, 9.17) is 14.6 Å². The van der Waals surface area contributed by atoms with Crippen molar-refractivity contribution in [1.82, 2.24) is 5.32 Å². The summed E-state index contributed by atoms with van der Waals surface area (Å²) in [5, 5.41) is 10.4. The number of ether oxygens (including phenoxy) is 1. The van der Waals surface area contributed by atoms with E-state index in [0.717, 1.165) is 19.0 Å². The Hall–Kier alpha value is -0.470. The van der Waals surface area contributed by atoms with Crippen LogP contribution in [0, 0.1) is 5.92 Å². The summed E-state index contributed by atoms with van der Waals surface area (Å²) in [7, 11) is 1.80. The fourth-order valence-corrected chi connectivity index (χ4v) is 2.13. The summed E-state index contributed by atoms with van der Waals surface area (Å²) < 4.78 is 37.0. The molecule has 102 valence electrons. The minimum atomic E-state index is -5.08. The molecule has 0 aromatic carbocycles. The SMILES string of the molecule is COC1CNCC1CSC.O=C(O)C(F)(F)F. The molecule has 1 saturated heterocycles. The molecule has 17 heavy (non-hydrogen) atoms. The molecule has 0 radical (unpaired) electrons. The molecule has 1 aliphatic heterocycles. The van der Waals surface area contributed by atoms with Gasteiger partial charge in [-0.25, -0.2) is 4.79 Å². The van der Waals surface area contributed by atoms with Crippen LogP contribution in [0.3, 0.4) is 0 Å². The lowest BCUT2D eigenvalue weighted by Crippen LogP contribution is -2.22. The van der Waals surface area contributed by atoms with Gasteiger partial charge in [0.25, 0.3) is 0 Å². The van der Waals surface area contributed by atoms with Gasteiger partial charge >= 0.3 is 12.1 Å². The van der Waals surface area contributed by atoms with E-state index in [1.165, 1.54) is 5.75 Å². The highest BCUT2D eigenvalue weighted by molar-refractivity contribution is 7.98. The summed E-state index contributed by atoms with van der Waals surface area (Å²) in [4.78, 5) is 8.90. The molecule has 0 aliphatic carbocycles. The molecule has 2 atom stereocenters. The van der Waals surface area contributed by atoms with Crippen molar-refractivity contribution in [2.24, 2.45) is 5.92 Å². The maximum atomic E-state index is 10.6. The van der Waals surface area contributed by atoms with Gasteiger partial charge in [-0.1, -0.05) is 0 Å². The van der Waals surface area contributed by atoms with Crippen LogP contribution in [0.2, 0.25) is 0 Å². The molecule has 1 rings (SSSR count). The number of alkyl halides is 3. The van der Waals surface area contributed by atoms with Gasteiger partial charge in [-0.3, -0.25) is 0 Å². The first-order valence-electron chi connectivity index (χ1n) is 4.85. The number of aliphatic carboxylic acids is 1. The summed E-state index contributed by atoms with van der Waals surface area (Å²) in [5.74, 6) is -0.821. The van der Waals surface area contributed by atoms with Crippen molar-refractivity contribution in [2.75, 3.05) is 32.2 Å². The van der Waals surface area contributed by atoms with Crippen molar-refractivity contribution in [1.29, 1.82) is 0 Å². The lowest BCUT2D eigenvalue weighted by molar-refractivity contribution is -0.192. The maximum absolute atomic E-state index is 10.6. The first-order valence-corrected chi connectivity index (χ1v) is 6.24. The number of hydrogen-bond donors (Lipinski definition) is 2. The highest BCUT2D eigenvalue weighted by Crippen LogP contribution is 2.15. The molecule has 0 amide bonds. The number of carboxylic acid groups (broad SMARTS) is 1. The Labute approximate surface area is 102 Å². The van der Waals surface area contributed by atoms with Crippen LogP contribution in [0.1, 0.15) is 0 Å². The molecular weight excluding hydrogens is 259 g/mol. The molecule has 1 fully saturated rings. The molecule has 0 aromatic heterocycles. The van der Waals surface area contributed by atoms with E-state index >= 15 is 0 Å². The van der Waals surface area contributed by atoms with Crippen LogP contribution < -0.4 is 5.32 Å². The van der Waals surface area contributed by atoms with Crippen LogP contribution >= 0.6 is 11.8 Å². The zero-order valence-electron chi connectivity index (χ0n) is 9.58. The van der Waals surface area contributed by atoms with Crippen LogP contribution in [0.25, 0.3) is 0 Å². The van der Waals surface area contributed by atoms with Gasteiger partial charge in [0.15, 0.2) is 0 Å². The van der Waals surface area contributed by atoms with Crippen molar-refractivity contribution >= 4 is 17.7 Å². The Morgan fingerprint density at radius 3 is 2.41 bits per heavy atom. The zero-order valence-corrected chi connectivity index (χ0v) is 10.4. The molecular formula is C9H16F3NO3S. The third-order valence-electron chi connectivity index (χ3n) is 2.20. The van der Waals surface area contributed by atoms with Crippen LogP contribution in [-0.4, -0.2) is 55.6 Å². The van der Waals surface area contributed by atoms with Crippen molar-refractivity contribution in [3.63, 3.8) is 0 Å². The molecule has 2 unspecified atom stereocenters. The minimum absolute atomic E-state index is 0.451. The number of halogens is 3. The minimum Gasteiger partial charge on any atom is -0.475 e. The fraction of sp³-hybridized carbons (Fsp3) is 0.889. The normalized spacial score (nSPS) is 24.1. The van der Waals surface area contributed by atoms with E-state index in [1.807, 2.05) is 11.8 Å². The number of carboxylic acids is 1. The smallest absolute Gasteiger partial charge is 0.475 e. The molecule has 8 heteroatoms. The second kappa shape index (κ2) is 7.78. The number of nitrogens with one attached hydrogen (secondary N) is 1. The van der Waals surface area contributed by atoms with Crippen LogP contribution in [0.4, 0.5) is 13.2 Å². The monoisotopic (exact) mass is 275 g/mol. The van der Waals surface area contributed by atoms with Gasteiger partial charge in [0, 0.05) is 26.1 Å². The van der Waals surface area contributed by atoms with E-state index < -0.39 is 12.1 Å². The maximum Gasteiger partial charge on any atom is 0.490 e. The quantitative estimate of drug-likeness (QED) is 0.811. The van der Waals surface area contributed by atoms with E-state index in [0.29, 0.717) is 6.10 Å². The van der Waals surface area contributed by atoms with E-state index in [1.54, 1.807) is 7.11 Å². The molecule has 0 aromatic rings. The average molecular weight is 275 g/mol. The van der Waals surface area contributed by atoms with Crippen LogP contribution in [-0.2, 0) is 9.53 Å². The van der Waals surface area contributed by atoms with Gasteiger partial charge in [0.2, 0.25) is 0 Å². The summed E-state index contributed by atoms with van der Waals surface area (Å²) in [6, 6.07) is 0. The van der Waals surface area contributed by atoms with E-state index in [2.05, 4.69) is 11.6 Å². The lowest BCUT2D eigenvalue weighted by atomic mass is 10.1. The predicted octanol–water partition coefficient (Wildman–Crippen LogP) is 1.22. The Kier molecular flexibility index (Phi) is 7.56. The summed E-state index contributed by atoms with van der Waals surface area (Å²) >= 11 is 1.90. The fourth-order valence-electron chi connectivity index (χ4n) is 1.37. The second-order valence-electron chi connectivity index (χ2n) is 3.45. The largest absolute Gasteiger partial charge is 0.490 e. The molecule has 0 spiro atoms. The van der Waals surface area contributed by atoms with Crippen molar-refractivity contribution < 1.29 is 27.8 Å². The van der Waals surface area contributed by atoms with Gasteiger partial charge in [0.1, 0.15) is 0 Å². The molecule has 0 bridgehead atoms. The number of carbonyl (C=O) groups is 1. The van der Waals surface area contributed by atoms with Crippen molar-refractivity contribution in [2.45, 2.75) is 12.3 Å². The first-order chi connectivity index (χ1) is 7.82. The third kappa shape index (κ3) is 6.75. The second-order valence-corrected chi connectivity index (χ2v) is 4.36. The Balaban J connectivity index is 0.000000325. The topological polar surface area (TPSA) is 58.6 Å². The van der Waals surface area contributed by atoms with Crippen molar-refractivity contribution in [3.8, 4) is 0 Å². The summed E-state index contributed by atoms with van der Waals surface area (Å²) in [6.45, 7) is 2.15. The number of rotatable bonds is 3. The number of methoxy groups -OCH3 is 1. The van der Waals surface area contributed by atoms with Crippen LogP contribution in [0.15, 0.2) is 0 Å². The highest BCUT2D eigenvalue weighted by Gasteiger charge is 2.38. The molecule has 0 saturated carbocycles. The molecule has 4 nitrogen and oxygen atoms in total. The highest BCUT2D eigenvalue weighted by atomic mass is 32.2. The predicted molar refractivity (Wildman–Crippen MR) is 59.2 cm³/mol. The van der Waals surface area contributed by atoms with Gasteiger partial charge in [-0.15, -0.1) is 0 Å². The van der Waals surface area contributed by atoms with Gasteiger partial charge in [-0.2, -0.15) is 24.9 Å². The summed E-state index contributed by atoms with van der Waals surface area (Å²) in [6.07, 6.45) is -2.49. The van der Waals surface area contributed by atoms with Gasteiger partial charge in [-0.05, 0) is 12.0 Å². The van der Waals surface area contributed by atoms with E-state index in [-0.39, 0.29) is 0 Å². The van der Waals surface area contributed by atoms with Gasteiger partial charge in [0.05, 0.1) is 6.10 Å². The number of hydrogen-bond acceptors (Lipinski definition) is 4. The lowest BCUT2D eigenvalue weighted by Gasteiger charge is -2.14. The molecule has 2 N–H and O–H groups in total. The molecule has 1 heterocycles. The first kappa shape index (κ1) is 16.5. The van der Waals surface area contributed by atoms with Crippen LogP contribution in [0.5, 0.6) is 0 Å². The standard InChI is InChI=1S/C7H15NOS.C2HF3O2/c1-9-7-4-8-3-6(7)5-10-2;3-2(4,5)1(6)7/h6-8H,3-5H2,1-2H3;(H,6,7).